The Hall–Kier alpha value is -3.09. The first-order chi connectivity index (χ1) is 16.8. The third kappa shape index (κ3) is 4.73. The van der Waals surface area contributed by atoms with Crippen molar-refractivity contribution in [1.82, 2.24) is 14.9 Å². The van der Waals surface area contributed by atoms with Crippen molar-refractivity contribution >= 4 is 29.2 Å². The predicted molar refractivity (Wildman–Crippen MR) is 129 cm³/mol. The Morgan fingerprint density at radius 1 is 1.23 bits per heavy atom. The number of piperidine rings is 1. The van der Waals surface area contributed by atoms with Crippen molar-refractivity contribution in [3.8, 4) is 11.9 Å². The molecule has 1 amide bonds. The SMILES string of the molecule is Cc1c(Nc2ccc(C#N)c(C)c2Cl)ncnc1OC1C2COCC1CN(C(=O)OC1(C)CC1)C2. The lowest BCUT2D eigenvalue weighted by Gasteiger charge is -2.46. The molecule has 2 saturated heterocycles. The van der Waals surface area contributed by atoms with Crippen LogP contribution in [-0.4, -0.2) is 59.0 Å². The summed E-state index contributed by atoms with van der Waals surface area (Å²) >= 11 is 6.48. The first-order valence-electron chi connectivity index (χ1n) is 11.8. The molecule has 0 radical (unpaired) electrons. The molecule has 0 spiro atoms. The van der Waals surface area contributed by atoms with E-state index in [0.717, 1.165) is 18.4 Å². The van der Waals surface area contributed by atoms with Gasteiger partial charge in [-0.2, -0.15) is 5.26 Å². The summed E-state index contributed by atoms with van der Waals surface area (Å²) in [7, 11) is 0. The van der Waals surface area contributed by atoms with E-state index in [1.54, 1.807) is 24.0 Å². The van der Waals surface area contributed by atoms with E-state index >= 15 is 0 Å². The summed E-state index contributed by atoms with van der Waals surface area (Å²) in [6.45, 7) is 7.73. The van der Waals surface area contributed by atoms with E-state index in [9.17, 15) is 10.1 Å². The standard InChI is InChI=1S/C25H28ClN5O4/c1-14-16(8-27)4-5-19(20(14)26)30-22-15(2)23(29-13-28-22)34-21-17-9-31(10-18(21)12-33-11-17)24(32)35-25(3)6-7-25/h4-5,13,17-18,21H,6-7,9-12H2,1-3H3,(H,28,29,30). The second-order valence-electron chi connectivity index (χ2n) is 9.85. The van der Waals surface area contributed by atoms with Crippen molar-refractivity contribution in [2.24, 2.45) is 11.8 Å². The summed E-state index contributed by atoms with van der Waals surface area (Å²) in [4.78, 5) is 23.2. The van der Waals surface area contributed by atoms with Crippen LogP contribution in [0.25, 0.3) is 0 Å². The Bertz CT molecular complexity index is 1180. The van der Waals surface area contributed by atoms with Gasteiger partial charge in [-0.25, -0.2) is 14.8 Å². The molecule has 2 aliphatic heterocycles. The average molecular weight is 498 g/mol. The summed E-state index contributed by atoms with van der Waals surface area (Å²) in [5.74, 6) is 1.08. The number of ether oxygens (including phenoxy) is 3. The Balaban J connectivity index is 1.31. The Labute approximate surface area is 209 Å². The van der Waals surface area contributed by atoms with Gasteiger partial charge in [-0.15, -0.1) is 0 Å². The lowest BCUT2D eigenvalue weighted by atomic mass is 9.84. The molecule has 1 aliphatic carbocycles. The van der Waals surface area contributed by atoms with Crippen LogP contribution in [0.5, 0.6) is 5.88 Å². The Morgan fingerprint density at radius 3 is 2.60 bits per heavy atom. The van der Waals surface area contributed by atoms with Gasteiger partial charge in [0.2, 0.25) is 5.88 Å². The molecule has 2 bridgehead atoms. The van der Waals surface area contributed by atoms with Crippen LogP contribution in [0.3, 0.4) is 0 Å². The van der Waals surface area contributed by atoms with Gasteiger partial charge in [0.1, 0.15) is 23.9 Å². The number of amides is 1. The van der Waals surface area contributed by atoms with Crippen molar-refractivity contribution in [2.45, 2.75) is 45.3 Å². The molecule has 1 aromatic carbocycles. The molecule has 3 fully saturated rings. The van der Waals surface area contributed by atoms with Crippen molar-refractivity contribution in [3.63, 3.8) is 0 Å². The number of nitrogens with one attached hydrogen (secondary N) is 1. The highest BCUT2D eigenvalue weighted by atomic mass is 35.5. The number of hydrogen-bond acceptors (Lipinski definition) is 8. The van der Waals surface area contributed by atoms with Crippen LogP contribution in [0.4, 0.5) is 16.3 Å². The van der Waals surface area contributed by atoms with Gasteiger partial charge < -0.3 is 24.4 Å². The molecule has 35 heavy (non-hydrogen) atoms. The summed E-state index contributed by atoms with van der Waals surface area (Å²) < 4.78 is 17.9. The fourth-order valence-electron chi connectivity index (χ4n) is 4.63. The van der Waals surface area contributed by atoms with Crippen LogP contribution < -0.4 is 10.1 Å². The third-order valence-electron chi connectivity index (χ3n) is 7.09. The van der Waals surface area contributed by atoms with Crippen molar-refractivity contribution in [2.75, 3.05) is 31.6 Å². The summed E-state index contributed by atoms with van der Waals surface area (Å²) in [5.41, 5.74) is 2.33. The zero-order valence-electron chi connectivity index (χ0n) is 20.0. The first kappa shape index (κ1) is 23.6. The summed E-state index contributed by atoms with van der Waals surface area (Å²) in [6, 6.07) is 5.62. The maximum absolute atomic E-state index is 12.7. The monoisotopic (exact) mass is 497 g/mol. The van der Waals surface area contributed by atoms with Crippen LogP contribution in [0.15, 0.2) is 18.5 Å². The quantitative estimate of drug-likeness (QED) is 0.648. The Kier molecular flexibility index (Phi) is 6.20. The van der Waals surface area contributed by atoms with Gasteiger partial charge in [-0.1, -0.05) is 11.6 Å². The maximum atomic E-state index is 12.7. The van der Waals surface area contributed by atoms with Gasteiger partial charge in [0.25, 0.3) is 0 Å². The highest BCUT2D eigenvalue weighted by Gasteiger charge is 2.47. The predicted octanol–water partition coefficient (Wildman–Crippen LogP) is 4.38. The van der Waals surface area contributed by atoms with E-state index in [1.165, 1.54) is 6.33 Å². The molecule has 2 unspecified atom stereocenters. The molecule has 3 aliphatic rings. The van der Waals surface area contributed by atoms with Crippen molar-refractivity contribution in [1.29, 1.82) is 5.26 Å². The lowest BCUT2D eigenvalue weighted by molar-refractivity contribution is -0.111. The summed E-state index contributed by atoms with van der Waals surface area (Å²) in [6.07, 6.45) is 2.91. The van der Waals surface area contributed by atoms with E-state index in [2.05, 4.69) is 21.4 Å². The van der Waals surface area contributed by atoms with Gasteiger partial charge in [0.05, 0.1) is 41.1 Å². The largest absolute Gasteiger partial charge is 0.473 e. The minimum atomic E-state index is -0.298. The van der Waals surface area contributed by atoms with Gasteiger partial charge in [0, 0.05) is 24.9 Å². The summed E-state index contributed by atoms with van der Waals surface area (Å²) in [5, 5.41) is 12.9. The molecule has 10 heteroatoms. The molecule has 5 rings (SSSR count). The highest BCUT2D eigenvalue weighted by Crippen LogP contribution is 2.40. The van der Waals surface area contributed by atoms with E-state index in [-0.39, 0.29) is 29.6 Å². The number of hydrogen-bond donors (Lipinski definition) is 1. The van der Waals surface area contributed by atoms with E-state index < -0.39 is 0 Å². The number of rotatable bonds is 5. The average Bonchev–Trinajstić information content (AvgIpc) is 3.55. The number of halogens is 1. The minimum absolute atomic E-state index is 0.0171. The van der Waals surface area contributed by atoms with Gasteiger partial charge in [-0.3, -0.25) is 0 Å². The number of likely N-dealkylation sites (tertiary alicyclic amines) is 1. The van der Waals surface area contributed by atoms with Gasteiger partial charge in [0.15, 0.2) is 0 Å². The molecule has 1 aromatic heterocycles. The molecular weight excluding hydrogens is 470 g/mol. The molecule has 1 saturated carbocycles. The van der Waals surface area contributed by atoms with E-state index in [1.807, 2.05) is 13.8 Å². The highest BCUT2D eigenvalue weighted by molar-refractivity contribution is 6.34. The molecule has 1 N–H and O–H groups in total. The Morgan fingerprint density at radius 2 is 1.94 bits per heavy atom. The topological polar surface area (TPSA) is 110 Å². The second-order valence-corrected chi connectivity index (χ2v) is 10.2. The zero-order chi connectivity index (χ0) is 24.7. The number of carbonyl (C=O) groups excluding carboxylic acids is 1. The van der Waals surface area contributed by atoms with E-state index in [0.29, 0.717) is 59.8 Å². The van der Waals surface area contributed by atoms with Crippen LogP contribution in [-0.2, 0) is 9.47 Å². The normalized spacial score (nSPS) is 24.3. The minimum Gasteiger partial charge on any atom is -0.473 e. The van der Waals surface area contributed by atoms with Crippen LogP contribution in [0.2, 0.25) is 5.02 Å². The maximum Gasteiger partial charge on any atom is 0.410 e. The zero-order valence-corrected chi connectivity index (χ0v) is 20.8. The molecule has 2 aromatic rings. The van der Waals surface area contributed by atoms with Gasteiger partial charge in [-0.05, 0) is 51.3 Å². The first-order valence-corrected chi connectivity index (χ1v) is 12.2. The number of benzene rings is 1. The van der Waals surface area contributed by atoms with Crippen LogP contribution in [0.1, 0.15) is 36.5 Å². The number of anilines is 2. The molecule has 3 heterocycles. The number of nitriles is 1. The fraction of sp³-hybridized carbons (Fsp3) is 0.520. The van der Waals surface area contributed by atoms with Crippen LogP contribution >= 0.6 is 11.6 Å². The second kappa shape index (κ2) is 9.17. The number of nitrogens with zero attached hydrogens (tertiary/aromatic N) is 4. The van der Waals surface area contributed by atoms with Crippen molar-refractivity contribution < 1.29 is 19.0 Å². The van der Waals surface area contributed by atoms with Crippen LogP contribution in [0, 0.1) is 37.0 Å². The smallest absolute Gasteiger partial charge is 0.410 e. The number of fused-ring (bicyclic) bond motifs is 2. The molecular formula is C25H28ClN5O4. The lowest BCUT2D eigenvalue weighted by Crippen LogP contribution is -2.59. The van der Waals surface area contributed by atoms with E-state index in [4.69, 9.17) is 25.8 Å². The molecule has 2 atom stereocenters. The fourth-order valence-corrected chi connectivity index (χ4v) is 4.84. The molecule has 184 valence electrons. The van der Waals surface area contributed by atoms with Gasteiger partial charge >= 0.3 is 6.09 Å². The van der Waals surface area contributed by atoms with Crippen molar-refractivity contribution in [3.05, 3.63) is 40.2 Å². The number of carbonyl (C=O) groups is 1. The molecule has 9 nitrogen and oxygen atoms in total. The number of aromatic nitrogens is 2. The third-order valence-corrected chi connectivity index (χ3v) is 7.58.